The first-order valence-corrected chi connectivity index (χ1v) is 6.13. The Hall–Kier alpha value is -1.55. The third kappa shape index (κ3) is 5.68. The van der Waals surface area contributed by atoms with E-state index in [1.54, 1.807) is 0 Å². The summed E-state index contributed by atoms with van der Waals surface area (Å²) in [7, 11) is 0. The maximum Gasteiger partial charge on any atom is 0.223 e. The van der Waals surface area contributed by atoms with E-state index in [2.05, 4.69) is 5.32 Å². The van der Waals surface area contributed by atoms with Gasteiger partial charge in [-0.3, -0.25) is 4.79 Å². The van der Waals surface area contributed by atoms with Crippen molar-refractivity contribution < 1.29 is 14.6 Å². The smallest absolute Gasteiger partial charge is 0.223 e. The number of para-hydroxylation sites is 1. The largest absolute Gasteiger partial charge is 0.493 e. The van der Waals surface area contributed by atoms with Gasteiger partial charge in [-0.25, -0.2) is 0 Å². The van der Waals surface area contributed by atoms with Crippen molar-refractivity contribution in [3.63, 3.8) is 0 Å². The van der Waals surface area contributed by atoms with Crippen LogP contribution in [0.5, 0.6) is 5.75 Å². The Kier molecular flexibility index (Phi) is 5.65. The molecule has 0 spiro atoms. The molecule has 1 aromatic carbocycles. The molecule has 0 aliphatic rings. The maximum absolute atomic E-state index is 11.7. The molecule has 0 radical (unpaired) electrons. The minimum Gasteiger partial charge on any atom is -0.493 e. The standard InChI is InChI=1S/C14H21NO3/c1-14(2,9-10-16)15-13(17)8-11-18-12-6-4-3-5-7-12/h3-7,16H,8-11H2,1-2H3,(H,15,17). The topological polar surface area (TPSA) is 58.6 Å². The van der Waals surface area contributed by atoms with E-state index in [1.807, 2.05) is 44.2 Å². The summed E-state index contributed by atoms with van der Waals surface area (Å²) in [6, 6.07) is 9.40. The van der Waals surface area contributed by atoms with Crippen LogP contribution in [0.3, 0.4) is 0 Å². The lowest BCUT2D eigenvalue weighted by Crippen LogP contribution is -2.44. The van der Waals surface area contributed by atoms with Crippen molar-refractivity contribution in [2.24, 2.45) is 0 Å². The SMILES string of the molecule is CC(C)(CCO)NC(=O)CCOc1ccccc1. The minimum absolute atomic E-state index is 0.0633. The van der Waals surface area contributed by atoms with Crippen molar-refractivity contribution in [2.75, 3.05) is 13.2 Å². The third-order valence-corrected chi connectivity index (χ3v) is 2.56. The summed E-state index contributed by atoms with van der Waals surface area (Å²) in [6.45, 7) is 4.19. The fourth-order valence-electron chi connectivity index (χ4n) is 1.56. The van der Waals surface area contributed by atoms with Crippen LogP contribution in [0, 0.1) is 0 Å². The van der Waals surface area contributed by atoms with E-state index in [4.69, 9.17) is 9.84 Å². The number of hydrogen-bond acceptors (Lipinski definition) is 3. The van der Waals surface area contributed by atoms with Crippen LogP contribution in [0.15, 0.2) is 30.3 Å². The summed E-state index contributed by atoms with van der Waals surface area (Å²) in [5.41, 5.74) is -0.376. The molecule has 4 heteroatoms. The molecule has 4 nitrogen and oxygen atoms in total. The molecule has 1 aromatic rings. The van der Waals surface area contributed by atoms with E-state index in [9.17, 15) is 4.79 Å². The Bertz CT molecular complexity index is 363. The summed E-state index contributed by atoms with van der Waals surface area (Å²) in [6.07, 6.45) is 0.849. The zero-order valence-electron chi connectivity index (χ0n) is 11.0. The normalized spacial score (nSPS) is 11.1. The molecule has 0 saturated carbocycles. The molecular formula is C14H21NO3. The van der Waals surface area contributed by atoms with Crippen molar-refractivity contribution in [3.05, 3.63) is 30.3 Å². The van der Waals surface area contributed by atoms with E-state index in [0.29, 0.717) is 19.4 Å². The van der Waals surface area contributed by atoms with Gasteiger partial charge >= 0.3 is 0 Å². The second-order valence-electron chi connectivity index (χ2n) is 4.82. The summed E-state index contributed by atoms with van der Waals surface area (Å²) in [4.78, 5) is 11.7. The second kappa shape index (κ2) is 7.01. The summed E-state index contributed by atoms with van der Waals surface area (Å²) < 4.78 is 5.44. The van der Waals surface area contributed by atoms with Crippen LogP contribution in [0.25, 0.3) is 0 Å². The number of carbonyl (C=O) groups is 1. The third-order valence-electron chi connectivity index (χ3n) is 2.56. The Balaban J connectivity index is 2.25. The lowest BCUT2D eigenvalue weighted by Gasteiger charge is -2.25. The fraction of sp³-hybridized carbons (Fsp3) is 0.500. The van der Waals surface area contributed by atoms with Gasteiger partial charge in [0.25, 0.3) is 0 Å². The van der Waals surface area contributed by atoms with Crippen LogP contribution in [-0.4, -0.2) is 29.8 Å². The molecule has 18 heavy (non-hydrogen) atoms. The van der Waals surface area contributed by atoms with E-state index in [0.717, 1.165) is 5.75 Å². The molecule has 0 unspecified atom stereocenters. The molecule has 0 aromatic heterocycles. The van der Waals surface area contributed by atoms with Crippen molar-refractivity contribution >= 4 is 5.91 Å². The van der Waals surface area contributed by atoms with Crippen molar-refractivity contribution in [1.82, 2.24) is 5.32 Å². The summed E-state index contributed by atoms with van der Waals surface area (Å²) in [5.74, 6) is 0.698. The quantitative estimate of drug-likeness (QED) is 0.776. The number of carbonyl (C=O) groups excluding carboxylic acids is 1. The average molecular weight is 251 g/mol. The first-order valence-electron chi connectivity index (χ1n) is 6.13. The van der Waals surface area contributed by atoms with Crippen LogP contribution in [0.4, 0.5) is 0 Å². The van der Waals surface area contributed by atoms with Gasteiger partial charge in [-0.1, -0.05) is 18.2 Å². The van der Waals surface area contributed by atoms with E-state index < -0.39 is 0 Å². The lowest BCUT2D eigenvalue weighted by molar-refractivity contribution is -0.123. The highest BCUT2D eigenvalue weighted by molar-refractivity contribution is 5.76. The maximum atomic E-state index is 11.7. The molecule has 2 N–H and O–H groups in total. The second-order valence-corrected chi connectivity index (χ2v) is 4.82. The van der Waals surface area contributed by atoms with Crippen LogP contribution in [0.1, 0.15) is 26.7 Å². The number of rotatable bonds is 7. The predicted molar refractivity (Wildman–Crippen MR) is 70.5 cm³/mol. The van der Waals surface area contributed by atoms with Gasteiger partial charge in [0, 0.05) is 12.1 Å². The molecule has 0 atom stereocenters. The minimum atomic E-state index is -0.376. The average Bonchev–Trinajstić information content (AvgIpc) is 2.29. The fourth-order valence-corrected chi connectivity index (χ4v) is 1.56. The first kappa shape index (κ1) is 14.5. The van der Waals surface area contributed by atoms with Crippen molar-refractivity contribution in [1.29, 1.82) is 0 Å². The van der Waals surface area contributed by atoms with Gasteiger partial charge < -0.3 is 15.2 Å². The molecular weight excluding hydrogens is 230 g/mol. The highest BCUT2D eigenvalue weighted by atomic mass is 16.5. The number of amides is 1. The molecule has 0 heterocycles. The molecule has 100 valence electrons. The summed E-state index contributed by atoms with van der Waals surface area (Å²) >= 11 is 0. The number of benzene rings is 1. The van der Waals surface area contributed by atoms with Crippen LogP contribution in [-0.2, 0) is 4.79 Å². The molecule has 0 aliphatic heterocycles. The number of hydrogen-bond donors (Lipinski definition) is 2. The molecule has 1 rings (SSSR count). The van der Waals surface area contributed by atoms with Crippen LogP contribution >= 0.6 is 0 Å². The number of ether oxygens (including phenoxy) is 1. The van der Waals surface area contributed by atoms with E-state index >= 15 is 0 Å². The van der Waals surface area contributed by atoms with Gasteiger partial charge in [-0.05, 0) is 32.4 Å². The van der Waals surface area contributed by atoms with Crippen LogP contribution < -0.4 is 10.1 Å². The lowest BCUT2D eigenvalue weighted by atomic mass is 10.0. The first-order chi connectivity index (χ1) is 8.53. The predicted octanol–water partition coefficient (Wildman–Crippen LogP) is 1.73. The Labute approximate surface area is 108 Å². The monoisotopic (exact) mass is 251 g/mol. The van der Waals surface area contributed by atoms with Crippen LogP contribution in [0.2, 0.25) is 0 Å². The zero-order chi connectivity index (χ0) is 13.4. The number of nitrogens with one attached hydrogen (secondary N) is 1. The van der Waals surface area contributed by atoms with E-state index in [1.165, 1.54) is 0 Å². The van der Waals surface area contributed by atoms with E-state index in [-0.39, 0.29) is 18.1 Å². The van der Waals surface area contributed by atoms with Gasteiger partial charge in [0.2, 0.25) is 5.91 Å². The van der Waals surface area contributed by atoms with Crippen molar-refractivity contribution in [2.45, 2.75) is 32.2 Å². The molecule has 0 bridgehead atoms. The van der Waals surface area contributed by atoms with Gasteiger partial charge in [0.15, 0.2) is 0 Å². The Morgan fingerprint density at radius 2 is 2.00 bits per heavy atom. The number of aliphatic hydroxyl groups excluding tert-OH is 1. The molecule has 0 fully saturated rings. The highest BCUT2D eigenvalue weighted by Crippen LogP contribution is 2.09. The number of aliphatic hydroxyl groups is 1. The highest BCUT2D eigenvalue weighted by Gasteiger charge is 2.19. The van der Waals surface area contributed by atoms with Gasteiger partial charge in [0.05, 0.1) is 13.0 Å². The molecule has 0 saturated heterocycles. The van der Waals surface area contributed by atoms with Crippen molar-refractivity contribution in [3.8, 4) is 5.75 Å². The van der Waals surface area contributed by atoms with Gasteiger partial charge in [-0.15, -0.1) is 0 Å². The van der Waals surface area contributed by atoms with Gasteiger partial charge in [0.1, 0.15) is 5.75 Å². The Morgan fingerprint density at radius 1 is 1.33 bits per heavy atom. The van der Waals surface area contributed by atoms with Gasteiger partial charge in [-0.2, -0.15) is 0 Å². The zero-order valence-corrected chi connectivity index (χ0v) is 11.0. The molecule has 0 aliphatic carbocycles. The Morgan fingerprint density at radius 3 is 2.61 bits per heavy atom. The summed E-state index contributed by atoms with van der Waals surface area (Å²) in [5, 5.41) is 11.7. The molecule has 1 amide bonds.